The first-order valence-electron chi connectivity index (χ1n) is 9.13. The second-order valence-electron chi connectivity index (χ2n) is 7.21. The average molecular weight is 331 g/mol. The number of amides is 2. The van der Waals surface area contributed by atoms with Crippen LogP contribution in [0.2, 0.25) is 0 Å². The fourth-order valence-electron chi connectivity index (χ4n) is 3.31. The van der Waals surface area contributed by atoms with E-state index in [1.807, 2.05) is 12.1 Å². The van der Waals surface area contributed by atoms with Crippen LogP contribution in [0.5, 0.6) is 0 Å². The van der Waals surface area contributed by atoms with Gasteiger partial charge in [0.2, 0.25) is 0 Å². The molecule has 0 aromatic heterocycles. The second-order valence-corrected chi connectivity index (χ2v) is 7.21. The summed E-state index contributed by atoms with van der Waals surface area (Å²) >= 11 is 0. The first-order valence-corrected chi connectivity index (χ1v) is 9.13. The molecule has 1 saturated heterocycles. The molecule has 1 aliphatic heterocycles. The third-order valence-electron chi connectivity index (χ3n) is 5.07. The molecule has 2 amide bonds. The van der Waals surface area contributed by atoms with Crippen molar-refractivity contribution in [2.24, 2.45) is 5.92 Å². The summed E-state index contributed by atoms with van der Waals surface area (Å²) in [6.07, 6.45) is 5.41. The van der Waals surface area contributed by atoms with Crippen molar-refractivity contribution >= 4 is 11.7 Å². The number of hydrogen-bond donors (Lipinski definition) is 2. The minimum absolute atomic E-state index is 0.161. The molecule has 1 aromatic carbocycles. The number of likely N-dealkylation sites (N-methyl/N-ethyl adjacent to an activating group) is 1. The summed E-state index contributed by atoms with van der Waals surface area (Å²) in [5, 5.41) is 12.9. The number of carbonyl (C=O) groups is 1. The summed E-state index contributed by atoms with van der Waals surface area (Å²) in [5.74, 6) is 0.383. The lowest BCUT2D eigenvalue weighted by Gasteiger charge is -2.21. The summed E-state index contributed by atoms with van der Waals surface area (Å²) in [4.78, 5) is 16.3. The van der Waals surface area contributed by atoms with E-state index in [1.54, 1.807) is 11.9 Å². The van der Waals surface area contributed by atoms with Gasteiger partial charge in [0.1, 0.15) is 0 Å². The van der Waals surface area contributed by atoms with Gasteiger partial charge in [0.15, 0.2) is 0 Å². The molecule has 1 saturated carbocycles. The van der Waals surface area contributed by atoms with Crippen LogP contribution < -0.4 is 5.32 Å². The van der Waals surface area contributed by atoms with E-state index in [9.17, 15) is 9.90 Å². The quantitative estimate of drug-likeness (QED) is 0.807. The maximum Gasteiger partial charge on any atom is 0.321 e. The van der Waals surface area contributed by atoms with Crippen LogP contribution in [0.25, 0.3) is 0 Å². The molecule has 5 nitrogen and oxygen atoms in total. The van der Waals surface area contributed by atoms with Gasteiger partial charge >= 0.3 is 6.03 Å². The Balaban J connectivity index is 1.48. The highest BCUT2D eigenvalue weighted by Crippen LogP contribution is 2.32. The van der Waals surface area contributed by atoms with Crippen LogP contribution in [0, 0.1) is 5.92 Å². The number of nitrogens with zero attached hydrogens (tertiary/aromatic N) is 2. The molecule has 0 radical (unpaired) electrons. The molecule has 0 bridgehead atoms. The zero-order valence-electron chi connectivity index (χ0n) is 14.6. The molecule has 2 aliphatic rings. The number of hydrogen-bond acceptors (Lipinski definition) is 3. The number of aliphatic hydroxyl groups excluding tert-OH is 1. The van der Waals surface area contributed by atoms with E-state index >= 15 is 0 Å². The fourth-order valence-corrected chi connectivity index (χ4v) is 3.31. The van der Waals surface area contributed by atoms with Gasteiger partial charge < -0.3 is 20.2 Å². The van der Waals surface area contributed by atoms with E-state index in [0.717, 1.165) is 31.5 Å². The van der Waals surface area contributed by atoms with Crippen molar-refractivity contribution in [3.05, 3.63) is 29.8 Å². The molecular weight excluding hydrogens is 302 g/mol. The molecular formula is C19H29N3O2. The van der Waals surface area contributed by atoms with E-state index < -0.39 is 6.10 Å². The largest absolute Gasteiger partial charge is 0.391 e. The van der Waals surface area contributed by atoms with Crippen LogP contribution in [0.4, 0.5) is 10.5 Å². The van der Waals surface area contributed by atoms with Crippen LogP contribution >= 0.6 is 0 Å². The van der Waals surface area contributed by atoms with Crippen LogP contribution in [-0.2, 0) is 6.42 Å². The smallest absolute Gasteiger partial charge is 0.321 e. The predicted octanol–water partition coefficient (Wildman–Crippen LogP) is 2.56. The van der Waals surface area contributed by atoms with Gasteiger partial charge in [0.25, 0.3) is 0 Å². The van der Waals surface area contributed by atoms with Crippen molar-refractivity contribution in [1.82, 2.24) is 9.80 Å². The maximum absolute atomic E-state index is 12.3. The average Bonchev–Trinajstić information content (AvgIpc) is 3.30. The van der Waals surface area contributed by atoms with Crippen LogP contribution in [0.3, 0.4) is 0 Å². The van der Waals surface area contributed by atoms with Gasteiger partial charge in [-0.15, -0.1) is 0 Å². The lowest BCUT2D eigenvalue weighted by atomic mass is 10.1. The number of anilines is 1. The van der Waals surface area contributed by atoms with Gasteiger partial charge in [-0.1, -0.05) is 12.1 Å². The van der Waals surface area contributed by atoms with E-state index in [0.29, 0.717) is 12.5 Å². The van der Waals surface area contributed by atoms with E-state index in [-0.39, 0.29) is 6.03 Å². The predicted molar refractivity (Wildman–Crippen MR) is 96.2 cm³/mol. The van der Waals surface area contributed by atoms with E-state index in [4.69, 9.17) is 0 Å². The molecule has 1 aliphatic carbocycles. The number of benzene rings is 1. The van der Waals surface area contributed by atoms with Gasteiger partial charge in [-0.2, -0.15) is 0 Å². The second kappa shape index (κ2) is 7.99. The van der Waals surface area contributed by atoms with Crippen LogP contribution in [0.1, 0.15) is 31.2 Å². The highest BCUT2D eigenvalue weighted by molar-refractivity contribution is 5.89. The SMILES string of the molecule is CN(CC(O)C1CC1)C(=O)Nc1cccc(CCN2CCCC2)c1. The Hall–Kier alpha value is -1.59. The zero-order valence-corrected chi connectivity index (χ0v) is 14.6. The van der Waals surface area contributed by atoms with Crippen molar-refractivity contribution < 1.29 is 9.90 Å². The Morgan fingerprint density at radius 2 is 2.12 bits per heavy atom. The van der Waals surface area contributed by atoms with E-state index in [2.05, 4.69) is 22.3 Å². The standard InChI is InChI=1S/C19H29N3O2/c1-21(14-18(23)16-7-8-16)19(24)20-17-6-4-5-15(13-17)9-12-22-10-2-3-11-22/h4-6,13,16,18,23H,2-3,7-12,14H2,1H3,(H,20,24). The summed E-state index contributed by atoms with van der Waals surface area (Å²) in [5.41, 5.74) is 2.08. The van der Waals surface area contributed by atoms with Gasteiger partial charge in [-0.25, -0.2) is 4.79 Å². The first kappa shape index (κ1) is 17.2. The molecule has 1 unspecified atom stereocenters. The molecule has 24 heavy (non-hydrogen) atoms. The Morgan fingerprint density at radius 3 is 2.83 bits per heavy atom. The number of carbonyl (C=O) groups excluding carboxylic acids is 1. The molecule has 5 heteroatoms. The number of rotatable bonds is 7. The molecule has 1 atom stereocenters. The van der Waals surface area contributed by atoms with Crippen molar-refractivity contribution in [1.29, 1.82) is 0 Å². The van der Waals surface area contributed by atoms with Gasteiger partial charge in [0, 0.05) is 25.8 Å². The van der Waals surface area contributed by atoms with Gasteiger partial charge in [-0.05, 0) is 68.8 Å². The minimum Gasteiger partial charge on any atom is -0.391 e. The van der Waals surface area contributed by atoms with E-state index in [1.165, 1.54) is 31.5 Å². The van der Waals surface area contributed by atoms with Gasteiger partial charge in [-0.3, -0.25) is 0 Å². The monoisotopic (exact) mass is 331 g/mol. The summed E-state index contributed by atoms with van der Waals surface area (Å²) in [6, 6.07) is 7.92. The molecule has 1 aromatic rings. The first-order chi connectivity index (χ1) is 11.6. The molecule has 2 fully saturated rings. The molecule has 3 rings (SSSR count). The van der Waals surface area contributed by atoms with Crippen molar-refractivity contribution in [2.45, 2.75) is 38.2 Å². The third-order valence-corrected chi connectivity index (χ3v) is 5.07. The lowest BCUT2D eigenvalue weighted by Crippen LogP contribution is -2.38. The Kier molecular flexibility index (Phi) is 5.74. The Morgan fingerprint density at radius 1 is 1.38 bits per heavy atom. The highest BCUT2D eigenvalue weighted by Gasteiger charge is 2.31. The molecule has 132 valence electrons. The minimum atomic E-state index is -0.396. The number of urea groups is 1. The lowest BCUT2D eigenvalue weighted by molar-refractivity contribution is 0.117. The number of likely N-dealkylation sites (tertiary alicyclic amines) is 1. The van der Waals surface area contributed by atoms with Gasteiger partial charge in [0.05, 0.1) is 6.10 Å². The topological polar surface area (TPSA) is 55.8 Å². The maximum atomic E-state index is 12.3. The third kappa shape index (κ3) is 4.95. The Bertz CT molecular complexity index is 553. The van der Waals surface area contributed by atoms with Crippen molar-refractivity contribution in [3.8, 4) is 0 Å². The normalized spacial score (nSPS) is 19.2. The highest BCUT2D eigenvalue weighted by atomic mass is 16.3. The fraction of sp³-hybridized carbons (Fsp3) is 0.632. The summed E-state index contributed by atoms with van der Waals surface area (Å²) in [7, 11) is 1.73. The summed E-state index contributed by atoms with van der Waals surface area (Å²) < 4.78 is 0. The summed E-state index contributed by atoms with van der Waals surface area (Å²) in [6.45, 7) is 3.91. The van der Waals surface area contributed by atoms with Crippen molar-refractivity contribution in [3.63, 3.8) is 0 Å². The van der Waals surface area contributed by atoms with Crippen molar-refractivity contribution in [2.75, 3.05) is 38.5 Å². The number of nitrogens with one attached hydrogen (secondary N) is 1. The van der Waals surface area contributed by atoms with Crippen LogP contribution in [0.15, 0.2) is 24.3 Å². The molecule has 1 heterocycles. The molecule has 0 spiro atoms. The Labute approximate surface area is 144 Å². The number of aliphatic hydroxyl groups is 1. The molecule has 2 N–H and O–H groups in total. The van der Waals surface area contributed by atoms with Crippen LogP contribution in [-0.4, -0.2) is 60.3 Å². The zero-order chi connectivity index (χ0) is 16.9.